The van der Waals surface area contributed by atoms with Gasteiger partial charge in [0, 0.05) is 31.6 Å². The highest BCUT2D eigenvalue weighted by molar-refractivity contribution is 5.74. The fraction of sp³-hybridized carbons (Fsp3) is 0.611. The largest absolute Gasteiger partial charge is 0.494 e. The van der Waals surface area contributed by atoms with Gasteiger partial charge in [-0.2, -0.15) is 0 Å². The Hall–Kier alpha value is -1.75. The average Bonchev–Trinajstić information content (AvgIpc) is 2.91. The summed E-state index contributed by atoms with van der Waals surface area (Å²) in [6.07, 6.45) is 2.61. The van der Waals surface area contributed by atoms with Crippen LogP contribution < -0.4 is 10.1 Å². The molecule has 0 radical (unpaired) electrons. The van der Waals surface area contributed by atoms with E-state index >= 15 is 0 Å². The zero-order valence-corrected chi connectivity index (χ0v) is 14.3. The molecule has 128 valence electrons. The van der Waals surface area contributed by atoms with Gasteiger partial charge >= 0.3 is 6.03 Å². The highest BCUT2D eigenvalue weighted by Crippen LogP contribution is 2.26. The Labute approximate surface area is 138 Å². The standard InChI is InChI=1S/C18H28N2O3/c1-4-23-17-10-13(2)8-9-14(17)11-19-18(22)20(3)12-15-6-5-7-16(15)21/h8-10,15-16,21H,4-7,11-12H2,1-3H3,(H,19,22). The van der Waals surface area contributed by atoms with Crippen molar-refractivity contribution in [2.75, 3.05) is 20.2 Å². The van der Waals surface area contributed by atoms with Gasteiger partial charge in [0.25, 0.3) is 0 Å². The molecule has 2 unspecified atom stereocenters. The molecule has 5 heteroatoms. The summed E-state index contributed by atoms with van der Waals surface area (Å²) in [5, 5.41) is 12.8. The van der Waals surface area contributed by atoms with E-state index in [1.807, 2.05) is 32.0 Å². The zero-order chi connectivity index (χ0) is 16.8. The van der Waals surface area contributed by atoms with Gasteiger partial charge in [-0.3, -0.25) is 0 Å². The molecule has 1 aromatic rings. The number of amides is 2. The second kappa shape index (κ2) is 8.20. The quantitative estimate of drug-likeness (QED) is 0.847. The van der Waals surface area contributed by atoms with Gasteiger partial charge in [-0.1, -0.05) is 18.6 Å². The maximum Gasteiger partial charge on any atom is 0.317 e. The molecule has 0 bridgehead atoms. The number of benzene rings is 1. The zero-order valence-electron chi connectivity index (χ0n) is 14.3. The van der Waals surface area contributed by atoms with Crippen LogP contribution in [-0.2, 0) is 6.54 Å². The van der Waals surface area contributed by atoms with Crippen molar-refractivity contribution in [1.29, 1.82) is 0 Å². The summed E-state index contributed by atoms with van der Waals surface area (Å²) in [6.45, 7) is 5.60. The van der Waals surface area contributed by atoms with Gasteiger partial charge in [0.2, 0.25) is 0 Å². The Balaban J connectivity index is 1.88. The van der Waals surface area contributed by atoms with E-state index in [0.717, 1.165) is 36.1 Å². The first kappa shape index (κ1) is 17.6. The van der Waals surface area contributed by atoms with Crippen LogP contribution in [0.15, 0.2) is 18.2 Å². The molecule has 1 aromatic carbocycles. The van der Waals surface area contributed by atoms with Crippen molar-refractivity contribution >= 4 is 6.03 Å². The van der Waals surface area contributed by atoms with Gasteiger partial charge in [-0.05, 0) is 38.3 Å². The van der Waals surface area contributed by atoms with Crippen molar-refractivity contribution in [3.8, 4) is 5.75 Å². The van der Waals surface area contributed by atoms with Gasteiger partial charge < -0.3 is 20.1 Å². The van der Waals surface area contributed by atoms with E-state index in [4.69, 9.17) is 4.74 Å². The fourth-order valence-electron chi connectivity index (χ4n) is 3.07. The first-order valence-corrected chi connectivity index (χ1v) is 8.40. The molecule has 0 spiro atoms. The molecule has 0 aromatic heterocycles. The molecule has 0 saturated heterocycles. The number of nitrogens with one attached hydrogen (secondary N) is 1. The first-order valence-electron chi connectivity index (χ1n) is 8.40. The predicted molar refractivity (Wildman–Crippen MR) is 90.6 cm³/mol. The summed E-state index contributed by atoms with van der Waals surface area (Å²) in [7, 11) is 1.78. The minimum absolute atomic E-state index is 0.118. The molecule has 0 heterocycles. The van der Waals surface area contributed by atoms with Crippen LogP contribution in [0.4, 0.5) is 4.79 Å². The van der Waals surface area contributed by atoms with Crippen LogP contribution in [0, 0.1) is 12.8 Å². The number of rotatable bonds is 6. The average molecular weight is 320 g/mol. The number of aryl methyl sites for hydroxylation is 1. The van der Waals surface area contributed by atoms with Crippen molar-refractivity contribution in [1.82, 2.24) is 10.2 Å². The number of ether oxygens (including phenoxy) is 1. The molecule has 2 rings (SSSR count). The Kier molecular flexibility index (Phi) is 6.28. The van der Waals surface area contributed by atoms with Crippen LogP contribution in [0.1, 0.15) is 37.3 Å². The Bertz CT molecular complexity index is 533. The summed E-state index contributed by atoms with van der Waals surface area (Å²) in [5.41, 5.74) is 2.11. The molecular formula is C18H28N2O3. The minimum Gasteiger partial charge on any atom is -0.494 e. The molecule has 2 amide bonds. The number of carbonyl (C=O) groups is 1. The molecule has 23 heavy (non-hydrogen) atoms. The van der Waals surface area contributed by atoms with E-state index in [9.17, 15) is 9.90 Å². The van der Waals surface area contributed by atoms with Crippen LogP contribution in [0.3, 0.4) is 0 Å². The van der Waals surface area contributed by atoms with E-state index in [1.54, 1.807) is 11.9 Å². The van der Waals surface area contributed by atoms with Gasteiger partial charge in [0.15, 0.2) is 0 Å². The normalized spacial score (nSPS) is 20.3. The SMILES string of the molecule is CCOc1cc(C)ccc1CNC(=O)N(C)CC1CCCC1O. The summed E-state index contributed by atoms with van der Waals surface area (Å²) in [6, 6.07) is 5.88. The maximum absolute atomic E-state index is 12.2. The number of hydrogen-bond donors (Lipinski definition) is 2. The van der Waals surface area contributed by atoms with E-state index in [1.165, 1.54) is 0 Å². The number of urea groups is 1. The van der Waals surface area contributed by atoms with Gasteiger partial charge in [0.1, 0.15) is 5.75 Å². The third-order valence-electron chi connectivity index (χ3n) is 4.43. The molecule has 0 aliphatic heterocycles. The van der Waals surface area contributed by atoms with Crippen molar-refractivity contribution in [2.45, 2.75) is 45.8 Å². The van der Waals surface area contributed by atoms with E-state index in [2.05, 4.69) is 5.32 Å². The molecule has 1 fully saturated rings. The Morgan fingerprint density at radius 2 is 2.22 bits per heavy atom. The molecule has 1 saturated carbocycles. The highest BCUT2D eigenvalue weighted by atomic mass is 16.5. The van der Waals surface area contributed by atoms with Crippen LogP contribution in [0.25, 0.3) is 0 Å². The van der Waals surface area contributed by atoms with Crippen LogP contribution in [0.2, 0.25) is 0 Å². The molecule has 5 nitrogen and oxygen atoms in total. The van der Waals surface area contributed by atoms with Crippen molar-refractivity contribution < 1.29 is 14.6 Å². The summed E-state index contributed by atoms with van der Waals surface area (Å²) < 4.78 is 5.63. The summed E-state index contributed by atoms with van der Waals surface area (Å²) >= 11 is 0. The number of aliphatic hydroxyl groups excluding tert-OH is 1. The Morgan fingerprint density at radius 1 is 1.43 bits per heavy atom. The molecular weight excluding hydrogens is 292 g/mol. The topological polar surface area (TPSA) is 61.8 Å². The van der Waals surface area contributed by atoms with E-state index < -0.39 is 0 Å². The Morgan fingerprint density at radius 3 is 2.87 bits per heavy atom. The lowest BCUT2D eigenvalue weighted by Crippen LogP contribution is -2.40. The van der Waals surface area contributed by atoms with Crippen molar-refractivity contribution in [3.05, 3.63) is 29.3 Å². The summed E-state index contributed by atoms with van der Waals surface area (Å²) in [4.78, 5) is 13.9. The third kappa shape index (κ3) is 4.86. The number of nitrogens with zero attached hydrogens (tertiary/aromatic N) is 1. The van der Waals surface area contributed by atoms with Gasteiger partial charge in [-0.25, -0.2) is 4.79 Å². The van der Waals surface area contributed by atoms with Crippen molar-refractivity contribution in [3.63, 3.8) is 0 Å². The minimum atomic E-state index is -0.271. The number of hydrogen-bond acceptors (Lipinski definition) is 3. The van der Waals surface area contributed by atoms with Crippen LogP contribution >= 0.6 is 0 Å². The smallest absolute Gasteiger partial charge is 0.317 e. The van der Waals surface area contributed by atoms with Crippen molar-refractivity contribution in [2.24, 2.45) is 5.92 Å². The fourth-order valence-corrected chi connectivity index (χ4v) is 3.07. The second-order valence-electron chi connectivity index (χ2n) is 6.34. The molecule has 1 aliphatic carbocycles. The summed E-state index contributed by atoms with van der Waals surface area (Å²) in [5.74, 6) is 1.02. The van der Waals surface area contributed by atoms with Crippen LogP contribution in [0.5, 0.6) is 5.75 Å². The third-order valence-corrected chi connectivity index (χ3v) is 4.43. The monoisotopic (exact) mass is 320 g/mol. The second-order valence-corrected chi connectivity index (χ2v) is 6.34. The van der Waals surface area contributed by atoms with E-state index in [0.29, 0.717) is 19.7 Å². The predicted octanol–water partition coefficient (Wildman–Crippen LogP) is 2.70. The van der Waals surface area contributed by atoms with Crippen LogP contribution in [-0.4, -0.2) is 42.3 Å². The number of carbonyl (C=O) groups excluding carboxylic acids is 1. The molecule has 1 aliphatic rings. The number of aliphatic hydroxyl groups is 1. The van der Waals surface area contributed by atoms with E-state index in [-0.39, 0.29) is 18.1 Å². The maximum atomic E-state index is 12.2. The van der Waals surface area contributed by atoms with Gasteiger partial charge in [-0.15, -0.1) is 0 Å². The lowest BCUT2D eigenvalue weighted by molar-refractivity contribution is 0.114. The molecule has 2 atom stereocenters. The highest BCUT2D eigenvalue weighted by Gasteiger charge is 2.27. The lowest BCUT2D eigenvalue weighted by atomic mass is 10.1. The lowest BCUT2D eigenvalue weighted by Gasteiger charge is -2.23. The first-order chi connectivity index (χ1) is 11.0. The van der Waals surface area contributed by atoms with Gasteiger partial charge in [0.05, 0.1) is 12.7 Å². The molecule has 2 N–H and O–H groups in total.